The number of para-hydroxylation sites is 1. The van der Waals surface area contributed by atoms with E-state index in [-0.39, 0.29) is 12.3 Å². The number of benzene rings is 2. The number of rotatable bonds is 5. The van der Waals surface area contributed by atoms with Crippen molar-refractivity contribution < 1.29 is 14.7 Å². The van der Waals surface area contributed by atoms with Crippen LogP contribution in [0.15, 0.2) is 60.7 Å². The standard InChI is InChI=1S/C17H17NO3/c1-13(19)18(15-10-6-3-7-11-15)16(17(20)21)12-14-8-4-2-5-9-14/h2-11,16H,12H2,1H3,(H,20,21)/t16-/m0/s1. The third-order valence-corrected chi connectivity index (χ3v) is 3.24. The van der Waals surface area contributed by atoms with Gasteiger partial charge in [0.05, 0.1) is 0 Å². The second-order valence-corrected chi connectivity index (χ2v) is 4.77. The van der Waals surface area contributed by atoms with Gasteiger partial charge < -0.3 is 5.11 Å². The van der Waals surface area contributed by atoms with Crippen molar-refractivity contribution in [1.82, 2.24) is 0 Å². The van der Waals surface area contributed by atoms with E-state index >= 15 is 0 Å². The fraction of sp³-hybridized carbons (Fsp3) is 0.176. The van der Waals surface area contributed by atoms with Gasteiger partial charge in [-0.3, -0.25) is 9.69 Å². The number of carboxylic acids is 1. The van der Waals surface area contributed by atoms with E-state index < -0.39 is 12.0 Å². The Bertz CT molecular complexity index is 610. The molecule has 4 nitrogen and oxygen atoms in total. The minimum absolute atomic E-state index is 0.268. The van der Waals surface area contributed by atoms with Crippen LogP contribution in [0.3, 0.4) is 0 Å². The fourth-order valence-corrected chi connectivity index (χ4v) is 2.30. The summed E-state index contributed by atoms with van der Waals surface area (Å²) in [7, 11) is 0. The van der Waals surface area contributed by atoms with Crippen LogP contribution in [0.4, 0.5) is 5.69 Å². The van der Waals surface area contributed by atoms with Crippen LogP contribution in [-0.2, 0) is 16.0 Å². The highest BCUT2D eigenvalue weighted by Gasteiger charge is 2.29. The van der Waals surface area contributed by atoms with E-state index in [0.717, 1.165) is 5.56 Å². The van der Waals surface area contributed by atoms with Gasteiger partial charge in [0.25, 0.3) is 0 Å². The molecule has 0 bridgehead atoms. The van der Waals surface area contributed by atoms with Crippen LogP contribution in [0.5, 0.6) is 0 Å². The summed E-state index contributed by atoms with van der Waals surface area (Å²) in [6.07, 6.45) is 0.268. The zero-order valence-electron chi connectivity index (χ0n) is 11.8. The van der Waals surface area contributed by atoms with Gasteiger partial charge in [0.1, 0.15) is 6.04 Å². The SMILES string of the molecule is CC(=O)N(c1ccccc1)[C@@H](Cc1ccccc1)C(=O)O. The van der Waals surface area contributed by atoms with E-state index in [0.29, 0.717) is 5.69 Å². The van der Waals surface area contributed by atoms with Crippen molar-refractivity contribution in [2.24, 2.45) is 0 Å². The van der Waals surface area contributed by atoms with Crippen molar-refractivity contribution in [1.29, 1.82) is 0 Å². The van der Waals surface area contributed by atoms with Crippen LogP contribution in [0.25, 0.3) is 0 Å². The van der Waals surface area contributed by atoms with Crippen molar-refractivity contribution in [3.05, 3.63) is 66.2 Å². The molecular weight excluding hydrogens is 266 g/mol. The summed E-state index contributed by atoms with van der Waals surface area (Å²) in [5, 5.41) is 9.52. The van der Waals surface area contributed by atoms with E-state index in [1.54, 1.807) is 24.3 Å². The third kappa shape index (κ3) is 3.69. The van der Waals surface area contributed by atoms with Crippen LogP contribution >= 0.6 is 0 Å². The quantitative estimate of drug-likeness (QED) is 0.918. The Hall–Kier alpha value is -2.62. The first kappa shape index (κ1) is 14.8. The molecule has 21 heavy (non-hydrogen) atoms. The smallest absolute Gasteiger partial charge is 0.327 e. The van der Waals surface area contributed by atoms with Gasteiger partial charge in [-0.15, -0.1) is 0 Å². The van der Waals surface area contributed by atoms with Crippen LogP contribution < -0.4 is 4.90 Å². The third-order valence-electron chi connectivity index (χ3n) is 3.24. The van der Waals surface area contributed by atoms with Gasteiger partial charge in [-0.25, -0.2) is 4.79 Å². The van der Waals surface area contributed by atoms with Gasteiger partial charge in [0.15, 0.2) is 0 Å². The van der Waals surface area contributed by atoms with Crippen LogP contribution in [0.1, 0.15) is 12.5 Å². The molecule has 1 amide bonds. The molecule has 0 aliphatic rings. The lowest BCUT2D eigenvalue weighted by Crippen LogP contribution is -2.45. The van der Waals surface area contributed by atoms with Crippen molar-refractivity contribution in [3.63, 3.8) is 0 Å². The fourth-order valence-electron chi connectivity index (χ4n) is 2.30. The molecule has 1 N–H and O–H groups in total. The Labute approximate surface area is 123 Å². The molecule has 0 saturated carbocycles. The zero-order valence-corrected chi connectivity index (χ0v) is 11.8. The summed E-state index contributed by atoms with van der Waals surface area (Å²) >= 11 is 0. The maximum atomic E-state index is 11.9. The molecule has 0 spiro atoms. The molecule has 4 heteroatoms. The van der Waals surface area contributed by atoms with Crippen LogP contribution in [-0.4, -0.2) is 23.0 Å². The van der Waals surface area contributed by atoms with Gasteiger partial charge in [-0.1, -0.05) is 48.5 Å². The van der Waals surface area contributed by atoms with Crippen LogP contribution in [0.2, 0.25) is 0 Å². The predicted molar refractivity (Wildman–Crippen MR) is 81.2 cm³/mol. The normalized spacial score (nSPS) is 11.7. The number of carbonyl (C=O) groups is 2. The average Bonchev–Trinajstić information content (AvgIpc) is 2.48. The number of carbonyl (C=O) groups excluding carboxylic acids is 1. The molecule has 0 fully saturated rings. The summed E-state index contributed by atoms with van der Waals surface area (Å²) in [5.74, 6) is -1.30. The van der Waals surface area contributed by atoms with E-state index in [4.69, 9.17) is 0 Å². The molecule has 108 valence electrons. The number of hydrogen-bond donors (Lipinski definition) is 1. The van der Waals surface area contributed by atoms with Crippen molar-refractivity contribution in [2.75, 3.05) is 4.90 Å². The first-order chi connectivity index (χ1) is 10.1. The number of hydrogen-bond acceptors (Lipinski definition) is 2. The topological polar surface area (TPSA) is 57.6 Å². The molecular formula is C17H17NO3. The molecule has 2 aromatic carbocycles. The number of anilines is 1. The van der Waals surface area contributed by atoms with Crippen LogP contribution in [0, 0.1) is 0 Å². The maximum Gasteiger partial charge on any atom is 0.327 e. The van der Waals surface area contributed by atoms with Gasteiger partial charge in [-0.2, -0.15) is 0 Å². The van der Waals surface area contributed by atoms with Gasteiger partial charge in [-0.05, 0) is 17.7 Å². The molecule has 0 aliphatic carbocycles. The highest BCUT2D eigenvalue weighted by atomic mass is 16.4. The molecule has 1 atom stereocenters. The van der Waals surface area contributed by atoms with E-state index in [1.807, 2.05) is 36.4 Å². The zero-order chi connectivity index (χ0) is 15.2. The first-order valence-corrected chi connectivity index (χ1v) is 6.71. The molecule has 2 aromatic rings. The van der Waals surface area contributed by atoms with Crippen molar-refractivity contribution in [3.8, 4) is 0 Å². The number of aliphatic carboxylic acids is 1. The summed E-state index contributed by atoms with van der Waals surface area (Å²) < 4.78 is 0. The predicted octanol–water partition coefficient (Wildman–Crippen LogP) is 2.74. The van der Waals surface area contributed by atoms with Gasteiger partial charge >= 0.3 is 5.97 Å². The lowest BCUT2D eigenvalue weighted by Gasteiger charge is -2.28. The number of nitrogens with zero attached hydrogens (tertiary/aromatic N) is 1. The molecule has 2 rings (SSSR count). The first-order valence-electron chi connectivity index (χ1n) is 6.71. The summed E-state index contributed by atoms with van der Waals surface area (Å²) in [6, 6.07) is 17.3. The highest BCUT2D eigenvalue weighted by Crippen LogP contribution is 2.19. The van der Waals surface area contributed by atoms with E-state index in [2.05, 4.69) is 0 Å². The molecule has 0 aromatic heterocycles. The van der Waals surface area contributed by atoms with E-state index in [1.165, 1.54) is 11.8 Å². The lowest BCUT2D eigenvalue weighted by molar-refractivity contribution is -0.140. The summed E-state index contributed by atoms with van der Waals surface area (Å²) in [6.45, 7) is 1.38. The summed E-state index contributed by atoms with van der Waals surface area (Å²) in [4.78, 5) is 24.9. The van der Waals surface area contributed by atoms with Gasteiger partial charge in [0.2, 0.25) is 5.91 Å². The Balaban J connectivity index is 2.34. The Morgan fingerprint density at radius 1 is 1.00 bits per heavy atom. The lowest BCUT2D eigenvalue weighted by atomic mass is 10.0. The molecule has 0 heterocycles. The number of amides is 1. The maximum absolute atomic E-state index is 11.9. The van der Waals surface area contributed by atoms with Crippen molar-refractivity contribution in [2.45, 2.75) is 19.4 Å². The Morgan fingerprint density at radius 2 is 1.52 bits per heavy atom. The molecule has 0 saturated heterocycles. The monoisotopic (exact) mass is 283 g/mol. The van der Waals surface area contributed by atoms with Crippen molar-refractivity contribution >= 4 is 17.6 Å². The number of carboxylic acid groups (broad SMARTS) is 1. The largest absolute Gasteiger partial charge is 0.480 e. The minimum Gasteiger partial charge on any atom is -0.480 e. The summed E-state index contributed by atoms with van der Waals surface area (Å²) in [5.41, 5.74) is 1.47. The minimum atomic E-state index is -1.02. The van der Waals surface area contributed by atoms with E-state index in [9.17, 15) is 14.7 Å². The highest BCUT2D eigenvalue weighted by molar-refractivity contribution is 5.97. The Kier molecular flexibility index (Phi) is 4.72. The Morgan fingerprint density at radius 3 is 2.00 bits per heavy atom. The second-order valence-electron chi connectivity index (χ2n) is 4.77. The molecule has 0 aliphatic heterocycles. The average molecular weight is 283 g/mol. The molecule has 0 unspecified atom stereocenters. The molecule has 0 radical (unpaired) electrons. The van der Waals surface area contributed by atoms with Gasteiger partial charge in [0, 0.05) is 19.0 Å². The second kappa shape index (κ2) is 6.70.